The molecule has 2 heterocycles. The van der Waals surface area contributed by atoms with Crippen molar-refractivity contribution < 1.29 is 22.8 Å². The maximum atomic E-state index is 11.8. The number of rotatable bonds is 1. The quantitative estimate of drug-likeness (QED) is 0.590. The van der Waals surface area contributed by atoms with Gasteiger partial charge in [-0.15, -0.1) is 11.3 Å². The van der Waals surface area contributed by atoms with Gasteiger partial charge in [-0.2, -0.15) is 13.2 Å². The first-order chi connectivity index (χ1) is 10.3. The number of hydrogen-bond donors (Lipinski definition) is 2. The van der Waals surface area contributed by atoms with E-state index in [9.17, 15) is 22.8 Å². The zero-order valence-electron chi connectivity index (χ0n) is 11.0. The molecule has 23 heavy (non-hydrogen) atoms. The van der Waals surface area contributed by atoms with E-state index in [2.05, 4.69) is 10.3 Å². The number of aromatic nitrogens is 1. The Morgan fingerprint density at radius 1 is 1.13 bits per heavy atom. The van der Waals surface area contributed by atoms with Crippen molar-refractivity contribution in [2.75, 3.05) is 0 Å². The molecule has 0 spiro atoms. The van der Waals surface area contributed by atoms with Gasteiger partial charge < -0.3 is 5.73 Å². The number of carbonyl (C=O) groups excluding carboxylic acids is 2. The normalized spacial score (nSPS) is 12.7. The van der Waals surface area contributed by atoms with Crippen molar-refractivity contribution in [1.29, 1.82) is 0 Å². The molecule has 0 fully saturated rings. The summed E-state index contributed by atoms with van der Waals surface area (Å²) in [7, 11) is 0. The van der Waals surface area contributed by atoms with Gasteiger partial charge in [0, 0.05) is 11.9 Å². The van der Waals surface area contributed by atoms with E-state index in [0.29, 0.717) is 22.5 Å². The van der Waals surface area contributed by atoms with Crippen molar-refractivity contribution in [3.8, 4) is 0 Å². The van der Waals surface area contributed by atoms with E-state index < -0.39 is 11.2 Å². The average Bonchev–Trinajstić information content (AvgIpc) is 3.06. The topological polar surface area (TPSA) is 85.1 Å². The first-order valence-corrected chi connectivity index (χ1v) is 6.87. The Kier molecular flexibility index (Phi) is 7.52. The van der Waals surface area contributed by atoms with Gasteiger partial charge in [0.05, 0.1) is 16.8 Å². The van der Waals surface area contributed by atoms with E-state index in [0.717, 1.165) is 0 Å². The molecule has 3 N–H and O–H groups in total. The van der Waals surface area contributed by atoms with Crippen LogP contribution in [-0.4, -0.2) is 68.2 Å². The number of amides is 2. The van der Waals surface area contributed by atoms with Crippen LogP contribution in [0.2, 0.25) is 0 Å². The number of imide groups is 1. The number of fused-ring (bicyclic) bond motifs is 1. The zero-order valence-corrected chi connectivity index (χ0v) is 11.8. The van der Waals surface area contributed by atoms with Crippen molar-refractivity contribution in [1.82, 2.24) is 10.3 Å². The van der Waals surface area contributed by atoms with Crippen LogP contribution in [0, 0.1) is 0 Å². The van der Waals surface area contributed by atoms with Crippen molar-refractivity contribution in [3.05, 3.63) is 51.5 Å². The van der Waals surface area contributed by atoms with E-state index in [1.54, 1.807) is 24.3 Å². The van der Waals surface area contributed by atoms with Gasteiger partial charge in [-0.1, -0.05) is 12.1 Å². The van der Waals surface area contributed by atoms with Crippen LogP contribution < -0.4 is 11.1 Å². The van der Waals surface area contributed by atoms with Crippen LogP contribution in [-0.2, 0) is 12.7 Å². The number of halogens is 3. The second-order valence-electron chi connectivity index (χ2n) is 4.17. The molecule has 0 radical (unpaired) electrons. The molecule has 5 nitrogen and oxygen atoms in total. The molecule has 0 bridgehead atoms. The van der Waals surface area contributed by atoms with Crippen LogP contribution in [0.5, 0.6) is 0 Å². The third-order valence-electron chi connectivity index (χ3n) is 2.65. The molecule has 1 aromatic carbocycles. The number of alkyl halides is 3. The molecule has 2 amide bonds. The maximum absolute atomic E-state index is 11.8. The second kappa shape index (κ2) is 8.47. The Morgan fingerprint density at radius 2 is 1.65 bits per heavy atom. The Bertz CT molecular complexity index is 685. The van der Waals surface area contributed by atoms with Crippen LogP contribution in [0.3, 0.4) is 0 Å². The number of benzene rings is 1. The summed E-state index contributed by atoms with van der Waals surface area (Å²) in [5, 5.41) is 2.68. The van der Waals surface area contributed by atoms with Crippen LogP contribution in [0.1, 0.15) is 31.4 Å². The van der Waals surface area contributed by atoms with E-state index in [4.69, 9.17) is 5.73 Å². The molecule has 1 aliphatic rings. The molecular formula is C13H11F3KN3O2S. The molecule has 0 aliphatic carbocycles. The van der Waals surface area contributed by atoms with Gasteiger partial charge in [0.25, 0.3) is 11.8 Å². The van der Waals surface area contributed by atoms with E-state index in [1.807, 2.05) is 0 Å². The summed E-state index contributed by atoms with van der Waals surface area (Å²) in [4.78, 5) is 25.2. The average molecular weight is 369 g/mol. The van der Waals surface area contributed by atoms with E-state index in [-0.39, 0.29) is 75.4 Å². The number of thiazole rings is 1. The Hall–Kier alpha value is -0.624. The van der Waals surface area contributed by atoms with Gasteiger partial charge in [-0.25, -0.2) is 4.98 Å². The molecule has 0 saturated carbocycles. The summed E-state index contributed by atoms with van der Waals surface area (Å²) in [5.74, 6) is -0.601. The minimum atomic E-state index is -4.34. The third kappa shape index (κ3) is 5.18. The zero-order chi connectivity index (χ0) is 16.3. The number of nitrogens with zero attached hydrogens (tertiary/aromatic N) is 1. The number of carbonyl (C=O) groups is 2. The molecular weight excluding hydrogens is 358 g/mol. The molecule has 1 aromatic heterocycles. The fourth-order valence-corrected chi connectivity index (χ4v) is 2.35. The van der Waals surface area contributed by atoms with Gasteiger partial charge in [-0.05, 0) is 12.1 Å². The van der Waals surface area contributed by atoms with Gasteiger partial charge in [0.2, 0.25) is 0 Å². The van der Waals surface area contributed by atoms with Crippen molar-refractivity contribution in [2.45, 2.75) is 12.7 Å². The summed E-state index contributed by atoms with van der Waals surface area (Å²) < 4.78 is 35.5. The fraction of sp³-hybridized carbons (Fsp3) is 0.154. The summed E-state index contributed by atoms with van der Waals surface area (Å²) in [6.07, 6.45) is -4.34. The van der Waals surface area contributed by atoms with Gasteiger partial charge in [-0.3, -0.25) is 14.9 Å². The Balaban J connectivity index is 0.000000220. The van der Waals surface area contributed by atoms with Crippen LogP contribution in [0.15, 0.2) is 29.6 Å². The monoisotopic (exact) mass is 369 g/mol. The molecule has 1 aliphatic heterocycles. The molecule has 3 rings (SSSR count). The predicted octanol–water partition coefficient (Wildman–Crippen LogP) is 1.54. The summed E-state index contributed by atoms with van der Waals surface area (Å²) >= 11 is 0.565. The molecule has 0 saturated heterocycles. The second-order valence-corrected chi connectivity index (χ2v) is 5.03. The van der Waals surface area contributed by atoms with E-state index >= 15 is 0 Å². The Morgan fingerprint density at radius 3 is 2.00 bits per heavy atom. The van der Waals surface area contributed by atoms with Crippen molar-refractivity contribution >= 4 is 74.5 Å². The van der Waals surface area contributed by atoms with Crippen LogP contribution in [0.25, 0.3) is 0 Å². The van der Waals surface area contributed by atoms with Crippen molar-refractivity contribution in [3.63, 3.8) is 0 Å². The first kappa shape index (κ1) is 20.4. The number of nitrogens with one attached hydrogen (secondary N) is 1. The number of hydrogen-bond acceptors (Lipinski definition) is 5. The molecule has 10 heteroatoms. The Labute approximate surface area is 175 Å². The summed E-state index contributed by atoms with van der Waals surface area (Å²) in [5.41, 5.74) is 6.30. The van der Waals surface area contributed by atoms with Crippen molar-refractivity contribution in [2.24, 2.45) is 5.73 Å². The van der Waals surface area contributed by atoms with E-state index in [1.165, 1.54) is 5.38 Å². The standard InChI is InChI=1S/C8H5NO2.C5H5F3N2S.K.H/c10-7-5-3-1-2-4-6(5)8(11)9-7;6-5(7,8)4-10-3(1-9)2-11-4;;/h1-4H,(H,9,10,11);2H,1,9H2;;. The molecule has 2 aromatic rings. The van der Waals surface area contributed by atoms with Gasteiger partial charge >= 0.3 is 57.6 Å². The minimum absolute atomic E-state index is 0. The first-order valence-electron chi connectivity index (χ1n) is 5.99. The fourth-order valence-electron chi connectivity index (χ4n) is 1.65. The molecule has 0 unspecified atom stereocenters. The van der Waals surface area contributed by atoms with Gasteiger partial charge in [0.15, 0.2) is 5.01 Å². The van der Waals surface area contributed by atoms with Crippen LogP contribution in [0.4, 0.5) is 13.2 Å². The summed E-state index contributed by atoms with van der Waals surface area (Å²) in [6.45, 7) is 0.0482. The third-order valence-corrected chi connectivity index (χ3v) is 3.58. The molecule has 0 atom stereocenters. The SMILES string of the molecule is NCc1csc(C(F)(F)F)n1.O=C1NC(=O)c2ccccc21.[KH]. The number of nitrogens with two attached hydrogens (primary N) is 1. The predicted molar refractivity (Wildman–Crippen MR) is 80.4 cm³/mol. The summed E-state index contributed by atoms with van der Waals surface area (Å²) in [6, 6.07) is 6.74. The van der Waals surface area contributed by atoms with Crippen LogP contribution >= 0.6 is 11.3 Å². The molecule has 118 valence electrons. The van der Waals surface area contributed by atoms with Gasteiger partial charge in [0.1, 0.15) is 0 Å².